The molecule has 0 unspecified atom stereocenters. The molecule has 3 rings (SSSR count). The lowest BCUT2D eigenvalue weighted by Crippen LogP contribution is -2.40. The Balaban J connectivity index is 1.80. The van der Waals surface area contributed by atoms with E-state index in [1.54, 1.807) is 4.90 Å². The van der Waals surface area contributed by atoms with E-state index in [-0.39, 0.29) is 47.5 Å². The number of thiazole rings is 1. The van der Waals surface area contributed by atoms with Crippen LogP contribution in [0.4, 0.5) is 28.1 Å². The molecule has 1 saturated heterocycles. The number of halogens is 3. The summed E-state index contributed by atoms with van der Waals surface area (Å²) in [5.74, 6) is -0.952. The summed E-state index contributed by atoms with van der Waals surface area (Å²) in [6, 6.07) is 4.87. The molecule has 2 amide bonds. The van der Waals surface area contributed by atoms with Gasteiger partial charge in [-0.1, -0.05) is 42.9 Å². The lowest BCUT2D eigenvalue weighted by Gasteiger charge is -2.25. The zero-order chi connectivity index (χ0) is 25.6. The van der Waals surface area contributed by atoms with Crippen molar-refractivity contribution in [1.29, 1.82) is 0 Å². The number of carbonyl (C=O) groups excluding carboxylic acids is 2. The van der Waals surface area contributed by atoms with Gasteiger partial charge in [-0.25, -0.2) is 18.2 Å². The topological polar surface area (TPSA) is 118 Å². The van der Waals surface area contributed by atoms with Crippen molar-refractivity contribution in [2.75, 3.05) is 41.4 Å². The molecule has 1 aliphatic rings. The van der Waals surface area contributed by atoms with Crippen molar-refractivity contribution in [2.24, 2.45) is 0 Å². The summed E-state index contributed by atoms with van der Waals surface area (Å²) < 4.78 is 68.3. The number of anilines is 2. The quantitative estimate of drug-likeness (QED) is 0.496. The van der Waals surface area contributed by atoms with Gasteiger partial charge in [-0.05, 0) is 18.1 Å². The second-order valence-corrected chi connectivity index (χ2v) is 11.0. The first-order valence-electron chi connectivity index (χ1n) is 10.8. The molecule has 1 aromatic carbocycles. The monoisotopic (exact) mass is 534 g/mol. The Hall–Kier alpha value is -2.87. The molecule has 14 heteroatoms. The standard InChI is InChI=1S/C21H25F3N4O5S2/c1-2-3-10-33-20(30)27-18-16(26-19(34-18)28-8-11-35(31,32)12-9-28)17(29)25-13-14-6-4-5-7-15(14)21(22,23)24/h4-7H,2-3,8-13H2,1H3,(H,25,29)(H,27,30). The second kappa shape index (κ2) is 11.2. The number of nitrogens with zero attached hydrogens (tertiary/aromatic N) is 2. The van der Waals surface area contributed by atoms with E-state index in [0.29, 0.717) is 11.6 Å². The maximum Gasteiger partial charge on any atom is 0.416 e. The van der Waals surface area contributed by atoms with Crippen molar-refractivity contribution in [2.45, 2.75) is 32.5 Å². The summed E-state index contributed by atoms with van der Waals surface area (Å²) in [7, 11) is -3.16. The highest BCUT2D eigenvalue weighted by Gasteiger charge is 2.33. The first-order valence-corrected chi connectivity index (χ1v) is 13.5. The third kappa shape index (κ3) is 7.31. The highest BCUT2D eigenvalue weighted by molar-refractivity contribution is 7.91. The van der Waals surface area contributed by atoms with E-state index < -0.39 is 40.1 Å². The van der Waals surface area contributed by atoms with E-state index in [2.05, 4.69) is 15.6 Å². The molecule has 0 saturated carbocycles. The normalized spacial score (nSPS) is 15.5. The van der Waals surface area contributed by atoms with E-state index in [9.17, 15) is 31.2 Å². The molecule has 2 aromatic rings. The van der Waals surface area contributed by atoms with Crippen LogP contribution in [0.2, 0.25) is 0 Å². The molecular weight excluding hydrogens is 509 g/mol. The molecule has 0 radical (unpaired) electrons. The Labute approximate surface area is 204 Å². The third-order valence-corrected chi connectivity index (χ3v) is 7.80. The van der Waals surface area contributed by atoms with Crippen LogP contribution in [0.15, 0.2) is 24.3 Å². The third-order valence-electron chi connectivity index (χ3n) is 5.15. The number of unbranched alkanes of at least 4 members (excludes halogenated alkanes) is 1. The van der Waals surface area contributed by atoms with Gasteiger partial charge in [-0.3, -0.25) is 10.1 Å². The molecule has 1 fully saturated rings. The summed E-state index contributed by atoms with van der Waals surface area (Å²) in [5, 5.41) is 5.25. The van der Waals surface area contributed by atoms with Crippen molar-refractivity contribution in [1.82, 2.24) is 10.3 Å². The summed E-state index contributed by atoms with van der Waals surface area (Å²) >= 11 is 0.958. The average Bonchev–Trinajstić information content (AvgIpc) is 3.20. The van der Waals surface area contributed by atoms with Crippen molar-refractivity contribution < 1.29 is 35.9 Å². The number of sulfone groups is 1. The summed E-state index contributed by atoms with van der Waals surface area (Å²) in [5.41, 5.74) is -1.19. The molecule has 2 N–H and O–H groups in total. The van der Waals surface area contributed by atoms with Crippen LogP contribution in [-0.2, 0) is 27.3 Å². The van der Waals surface area contributed by atoms with E-state index in [1.807, 2.05) is 6.92 Å². The Bertz CT molecular complexity index is 1150. The van der Waals surface area contributed by atoms with Gasteiger partial charge < -0.3 is 15.0 Å². The van der Waals surface area contributed by atoms with Crippen LogP contribution in [-0.4, -0.2) is 56.6 Å². The van der Waals surface area contributed by atoms with Gasteiger partial charge in [0.1, 0.15) is 5.00 Å². The Morgan fingerprint density at radius 2 is 1.89 bits per heavy atom. The van der Waals surface area contributed by atoms with Gasteiger partial charge in [0, 0.05) is 19.6 Å². The van der Waals surface area contributed by atoms with Gasteiger partial charge in [0.25, 0.3) is 5.91 Å². The average molecular weight is 535 g/mol. The fraction of sp³-hybridized carbons (Fsp3) is 0.476. The highest BCUT2D eigenvalue weighted by Crippen LogP contribution is 2.33. The van der Waals surface area contributed by atoms with Crippen LogP contribution < -0.4 is 15.5 Å². The van der Waals surface area contributed by atoms with Crippen LogP contribution in [0.5, 0.6) is 0 Å². The molecule has 1 aromatic heterocycles. The predicted octanol–water partition coefficient (Wildman–Crippen LogP) is 3.68. The predicted molar refractivity (Wildman–Crippen MR) is 125 cm³/mol. The maximum absolute atomic E-state index is 13.3. The fourth-order valence-electron chi connectivity index (χ4n) is 3.23. The van der Waals surface area contributed by atoms with Gasteiger partial charge in [0.2, 0.25) is 0 Å². The number of benzene rings is 1. The molecule has 192 valence electrons. The van der Waals surface area contributed by atoms with Gasteiger partial charge in [0.15, 0.2) is 20.7 Å². The fourth-order valence-corrected chi connectivity index (χ4v) is 5.44. The molecule has 1 aliphatic heterocycles. The number of carbonyl (C=O) groups is 2. The summed E-state index contributed by atoms with van der Waals surface area (Å²) in [6.07, 6.45) is -3.93. The molecule has 2 heterocycles. The number of amides is 2. The van der Waals surface area contributed by atoms with Crippen LogP contribution in [0, 0.1) is 0 Å². The second-order valence-electron chi connectivity index (χ2n) is 7.77. The van der Waals surface area contributed by atoms with E-state index in [1.165, 1.54) is 18.2 Å². The van der Waals surface area contributed by atoms with Crippen molar-refractivity contribution in [3.63, 3.8) is 0 Å². The largest absolute Gasteiger partial charge is 0.449 e. The molecule has 0 spiro atoms. The minimum atomic E-state index is -4.58. The Kier molecular flexibility index (Phi) is 8.59. The Morgan fingerprint density at radius 1 is 1.20 bits per heavy atom. The number of alkyl halides is 3. The van der Waals surface area contributed by atoms with Crippen LogP contribution in [0.1, 0.15) is 41.4 Å². The minimum Gasteiger partial charge on any atom is -0.449 e. The maximum atomic E-state index is 13.3. The molecular formula is C21H25F3N4O5S2. The minimum absolute atomic E-state index is 0.0523. The number of rotatable bonds is 8. The molecule has 0 bridgehead atoms. The Morgan fingerprint density at radius 3 is 2.54 bits per heavy atom. The molecule has 9 nitrogen and oxygen atoms in total. The smallest absolute Gasteiger partial charge is 0.416 e. The van der Waals surface area contributed by atoms with Crippen LogP contribution in [0.3, 0.4) is 0 Å². The van der Waals surface area contributed by atoms with Gasteiger partial charge in [-0.15, -0.1) is 0 Å². The molecule has 35 heavy (non-hydrogen) atoms. The van der Waals surface area contributed by atoms with E-state index >= 15 is 0 Å². The van der Waals surface area contributed by atoms with Gasteiger partial charge >= 0.3 is 12.3 Å². The van der Waals surface area contributed by atoms with Crippen LogP contribution >= 0.6 is 11.3 Å². The summed E-state index contributed by atoms with van der Waals surface area (Å²) in [6.45, 7) is 2.01. The first-order chi connectivity index (χ1) is 16.5. The number of aromatic nitrogens is 1. The lowest BCUT2D eigenvalue weighted by atomic mass is 10.1. The number of ether oxygens (including phenoxy) is 1. The lowest BCUT2D eigenvalue weighted by molar-refractivity contribution is -0.138. The number of hydrogen-bond donors (Lipinski definition) is 2. The highest BCUT2D eigenvalue weighted by atomic mass is 32.2. The van der Waals surface area contributed by atoms with Crippen molar-refractivity contribution in [3.8, 4) is 0 Å². The van der Waals surface area contributed by atoms with Crippen LogP contribution in [0.25, 0.3) is 0 Å². The summed E-state index contributed by atoms with van der Waals surface area (Å²) in [4.78, 5) is 31.0. The number of nitrogens with one attached hydrogen (secondary N) is 2. The SMILES string of the molecule is CCCCOC(=O)Nc1sc(N2CCS(=O)(=O)CC2)nc1C(=O)NCc1ccccc1C(F)(F)F. The zero-order valence-electron chi connectivity index (χ0n) is 18.9. The van der Waals surface area contributed by atoms with E-state index in [4.69, 9.17) is 4.74 Å². The van der Waals surface area contributed by atoms with E-state index in [0.717, 1.165) is 23.8 Å². The first kappa shape index (κ1) is 26.7. The molecule has 0 aliphatic carbocycles. The van der Waals surface area contributed by atoms with Crippen molar-refractivity contribution >= 4 is 43.3 Å². The molecule has 0 atom stereocenters. The van der Waals surface area contributed by atoms with Gasteiger partial charge in [0.05, 0.1) is 23.7 Å². The zero-order valence-corrected chi connectivity index (χ0v) is 20.5. The number of hydrogen-bond acceptors (Lipinski definition) is 8. The van der Waals surface area contributed by atoms with Crippen molar-refractivity contribution in [3.05, 3.63) is 41.1 Å². The van der Waals surface area contributed by atoms with Gasteiger partial charge in [-0.2, -0.15) is 13.2 Å².